The summed E-state index contributed by atoms with van der Waals surface area (Å²) < 4.78 is -2.22. The van der Waals surface area contributed by atoms with Gasteiger partial charge < -0.3 is 0 Å². The van der Waals surface area contributed by atoms with Crippen molar-refractivity contribution in [2.24, 2.45) is 0 Å². The predicted molar refractivity (Wildman–Crippen MR) is 150 cm³/mol. The second kappa shape index (κ2) is 11.5. The summed E-state index contributed by atoms with van der Waals surface area (Å²) in [5.74, 6) is 0. The number of hydrogen-bond donors (Lipinski definition) is 0. The molecule has 0 radical (unpaired) electrons. The van der Waals surface area contributed by atoms with Crippen LogP contribution in [-0.4, -0.2) is 30.9 Å². The van der Waals surface area contributed by atoms with E-state index in [4.69, 9.17) is 0 Å². The zero-order valence-electron chi connectivity index (χ0n) is 23.3. The minimum atomic E-state index is -2.22. The van der Waals surface area contributed by atoms with Crippen molar-refractivity contribution in [3.63, 3.8) is 0 Å². The van der Waals surface area contributed by atoms with Crippen LogP contribution >= 0.6 is 42.9 Å². The number of hydrogen-bond acceptors (Lipinski definition) is 0. The molecule has 0 amide bonds. The van der Waals surface area contributed by atoms with Gasteiger partial charge in [0.15, 0.2) is 0 Å². The Hall–Kier alpha value is 3.14. The molecule has 0 aromatic carbocycles. The van der Waals surface area contributed by atoms with Crippen LogP contribution in [0.25, 0.3) is 0 Å². The Labute approximate surface area is 237 Å². The fraction of sp³-hybridized carbons (Fsp3) is 1.00. The van der Waals surface area contributed by atoms with Gasteiger partial charge in [-0.2, -0.15) is 0 Å². The number of rotatable bonds is 0. The van der Waals surface area contributed by atoms with Crippen LogP contribution in [0.15, 0.2) is 0 Å². The third-order valence-corrected chi connectivity index (χ3v) is 35.8. The largest absolute Gasteiger partial charge is 0.0901 e. The van der Waals surface area contributed by atoms with Gasteiger partial charge in [0.1, 0.15) is 0 Å². The fourth-order valence-corrected chi connectivity index (χ4v) is 18.1. The molecular weight excluding hydrogens is 723 g/mol. The molecule has 0 N–H and O–H groups in total. The van der Waals surface area contributed by atoms with Crippen LogP contribution in [0.4, 0.5) is 0 Å². The van der Waals surface area contributed by atoms with Crippen molar-refractivity contribution < 1.29 is 40.8 Å². The summed E-state index contributed by atoms with van der Waals surface area (Å²) in [7, 11) is 0.0162. The molecule has 0 heterocycles. The summed E-state index contributed by atoms with van der Waals surface area (Å²) in [5.41, 5.74) is 0. The van der Waals surface area contributed by atoms with E-state index < -0.39 is 4.01 Å². The Kier molecular flexibility index (Phi) is 15.4. The van der Waals surface area contributed by atoms with E-state index in [0.29, 0.717) is 15.5 Å². The van der Waals surface area contributed by atoms with Crippen LogP contribution in [0.5, 0.6) is 0 Å². The SMILES string of the molecule is CC(C)(C)P(Br)(Br)(C(C)(C)C)C(C)(C)C.CC(C)(C)P(C(C)(C)C)C(C)(C)C.[Pd].[Pd]. The summed E-state index contributed by atoms with van der Waals surface area (Å²) in [4.78, 5) is 0. The van der Waals surface area contributed by atoms with Crippen molar-refractivity contribution in [3.8, 4) is 0 Å². The summed E-state index contributed by atoms with van der Waals surface area (Å²) in [5, 5.41) is 2.02. The van der Waals surface area contributed by atoms with Crippen molar-refractivity contribution >= 4 is 42.9 Å². The maximum atomic E-state index is 4.20. The van der Waals surface area contributed by atoms with Crippen LogP contribution in [0.3, 0.4) is 0 Å². The molecule has 0 aliphatic rings. The molecule has 0 rings (SSSR count). The molecule has 0 saturated carbocycles. The first-order valence-corrected chi connectivity index (χ1v) is 18.3. The third-order valence-electron chi connectivity index (χ3n) is 5.55. The van der Waals surface area contributed by atoms with Crippen LogP contribution in [0.1, 0.15) is 125 Å². The first-order chi connectivity index (χ1) is 11.4. The molecule has 0 saturated heterocycles. The van der Waals surface area contributed by atoms with Gasteiger partial charge in [0.2, 0.25) is 0 Å². The van der Waals surface area contributed by atoms with E-state index in [1.807, 2.05) is 0 Å². The van der Waals surface area contributed by atoms with E-state index in [1.165, 1.54) is 0 Å². The smallest absolute Gasteiger partial charge is 0 e. The first-order valence-electron chi connectivity index (χ1n) is 10.7. The normalized spacial score (nSPS) is 15.8. The summed E-state index contributed by atoms with van der Waals surface area (Å²) in [6, 6.07) is 0. The van der Waals surface area contributed by atoms with E-state index in [-0.39, 0.29) is 64.2 Å². The molecule has 6 heteroatoms. The van der Waals surface area contributed by atoms with E-state index in [9.17, 15) is 0 Å². The average Bonchev–Trinajstić information content (AvgIpc) is 2.16. The van der Waals surface area contributed by atoms with E-state index in [2.05, 4.69) is 156 Å². The van der Waals surface area contributed by atoms with Gasteiger partial charge in [-0.3, -0.25) is 0 Å². The Morgan fingerprint density at radius 2 is 0.533 bits per heavy atom. The van der Waals surface area contributed by atoms with E-state index >= 15 is 0 Å². The fourth-order valence-electron chi connectivity index (χ4n) is 6.04. The molecule has 0 spiro atoms. The van der Waals surface area contributed by atoms with Crippen molar-refractivity contribution in [2.45, 2.75) is 156 Å². The van der Waals surface area contributed by atoms with Crippen LogP contribution < -0.4 is 0 Å². The minimum absolute atomic E-state index is 0. The van der Waals surface area contributed by atoms with Gasteiger partial charge in [-0.25, -0.2) is 0 Å². The van der Waals surface area contributed by atoms with Crippen molar-refractivity contribution in [3.05, 3.63) is 0 Å². The predicted octanol–water partition coefficient (Wildman–Crippen LogP) is 11.4. The monoisotopic (exact) mass is 774 g/mol. The van der Waals surface area contributed by atoms with Crippen molar-refractivity contribution in [1.29, 1.82) is 0 Å². The molecule has 0 unspecified atom stereocenters. The molecule has 30 heavy (non-hydrogen) atoms. The van der Waals surface area contributed by atoms with Gasteiger partial charge >= 0.3 is 113 Å². The summed E-state index contributed by atoms with van der Waals surface area (Å²) in [6.07, 6.45) is 0. The standard InChI is InChI=1S/C12H27Br2P.C12H27P.2Pd/c1-10(2,3)15(13,14,11(4,5)6)12(7,8)9;1-10(2,3)13(11(4,5)6)12(7,8)9;;/h1-9H3;1-9H3;;. The second-order valence-electron chi connectivity index (χ2n) is 14.3. The maximum absolute atomic E-state index is 4.20. The summed E-state index contributed by atoms with van der Waals surface area (Å²) >= 11 is 8.40. The van der Waals surface area contributed by atoms with Gasteiger partial charge in [-0.15, -0.1) is 0 Å². The van der Waals surface area contributed by atoms with E-state index in [1.54, 1.807) is 0 Å². The van der Waals surface area contributed by atoms with Gasteiger partial charge in [0, 0.05) is 40.8 Å². The Bertz CT molecular complexity index is 442. The molecule has 0 bridgehead atoms. The topological polar surface area (TPSA) is 0 Å². The average molecular weight is 777 g/mol. The van der Waals surface area contributed by atoms with Gasteiger partial charge in [0.05, 0.1) is 0 Å². The Morgan fingerprint density at radius 3 is 0.533 bits per heavy atom. The molecule has 0 aliphatic carbocycles. The molecule has 0 atom stereocenters. The Balaban J connectivity index is -0.000000213. The molecule has 0 aliphatic heterocycles. The molecule has 194 valence electrons. The molecule has 0 fully saturated rings. The maximum Gasteiger partial charge on any atom is 0 e. The quantitative estimate of drug-likeness (QED) is 0.170. The first kappa shape index (κ1) is 40.3. The molecular formula is C24H54Br2P2Pd2. The number of halogens is 2. The van der Waals surface area contributed by atoms with Crippen molar-refractivity contribution in [2.75, 3.05) is 0 Å². The molecule has 0 aromatic rings. The summed E-state index contributed by atoms with van der Waals surface area (Å²) in [6.45, 7) is 42.5. The van der Waals surface area contributed by atoms with Crippen molar-refractivity contribution in [1.82, 2.24) is 0 Å². The van der Waals surface area contributed by atoms with Crippen LogP contribution in [0, 0.1) is 0 Å². The van der Waals surface area contributed by atoms with Gasteiger partial charge in [-0.1, -0.05) is 70.2 Å². The van der Waals surface area contributed by atoms with Crippen LogP contribution in [0.2, 0.25) is 0 Å². The van der Waals surface area contributed by atoms with Gasteiger partial charge in [0.25, 0.3) is 0 Å². The minimum Gasteiger partial charge on any atom is -0.0901 e. The molecule has 0 nitrogen and oxygen atoms in total. The Morgan fingerprint density at radius 1 is 0.400 bits per heavy atom. The second-order valence-corrected chi connectivity index (χ2v) is 36.2. The van der Waals surface area contributed by atoms with Gasteiger partial charge in [-0.05, 0) is 15.5 Å². The third kappa shape index (κ3) is 8.67. The zero-order chi connectivity index (χ0) is 24.0. The van der Waals surface area contributed by atoms with Crippen LogP contribution in [-0.2, 0) is 40.8 Å². The van der Waals surface area contributed by atoms with E-state index in [0.717, 1.165) is 0 Å². The zero-order valence-corrected chi connectivity index (χ0v) is 31.4. The molecule has 0 aromatic heterocycles.